The van der Waals surface area contributed by atoms with E-state index in [1.165, 1.54) is 24.0 Å². The molecule has 2 aliphatic rings. The highest BCUT2D eigenvalue weighted by Gasteiger charge is 2.21. The smallest absolute Gasteiger partial charge is 0.321 e. The summed E-state index contributed by atoms with van der Waals surface area (Å²) in [6.45, 7) is 6.42. The Morgan fingerprint density at radius 1 is 1.13 bits per heavy atom. The average Bonchev–Trinajstić information content (AvgIpc) is 2.82. The lowest BCUT2D eigenvalue weighted by atomic mass is 9.91. The summed E-state index contributed by atoms with van der Waals surface area (Å²) in [6, 6.07) is 12.4. The predicted molar refractivity (Wildman–Crippen MR) is 122 cm³/mol. The van der Waals surface area contributed by atoms with E-state index >= 15 is 0 Å². The van der Waals surface area contributed by atoms with Gasteiger partial charge in [-0.3, -0.25) is 4.90 Å². The summed E-state index contributed by atoms with van der Waals surface area (Å²) >= 11 is 0. The third-order valence-corrected chi connectivity index (χ3v) is 6.15. The van der Waals surface area contributed by atoms with Gasteiger partial charge >= 0.3 is 6.03 Å². The summed E-state index contributed by atoms with van der Waals surface area (Å²) in [6.07, 6.45) is 5.48. The monoisotopic (exact) mass is 423 g/mol. The number of aromatic nitrogens is 1. The highest BCUT2D eigenvalue weighted by atomic mass is 16.5. The first kappa shape index (κ1) is 21.6. The Balaban J connectivity index is 1.26. The zero-order valence-electron chi connectivity index (χ0n) is 18.3. The Labute approximate surface area is 184 Å². The van der Waals surface area contributed by atoms with Crippen LogP contribution in [0, 0.1) is 5.92 Å². The van der Waals surface area contributed by atoms with Crippen molar-refractivity contribution in [3.8, 4) is 5.88 Å². The van der Waals surface area contributed by atoms with E-state index in [1.54, 1.807) is 7.11 Å². The third-order valence-electron chi connectivity index (χ3n) is 6.15. The van der Waals surface area contributed by atoms with Crippen LogP contribution in [0.3, 0.4) is 0 Å². The number of methoxy groups -OCH3 is 1. The van der Waals surface area contributed by atoms with Gasteiger partial charge in [0.2, 0.25) is 5.88 Å². The minimum Gasteiger partial charge on any atom is -0.481 e. The number of urea groups is 1. The molecule has 1 aromatic carbocycles. The van der Waals surface area contributed by atoms with Crippen LogP contribution in [0.2, 0.25) is 0 Å². The lowest BCUT2D eigenvalue weighted by molar-refractivity contribution is 0.167. The number of ether oxygens (including phenoxy) is 1. The molecule has 1 aromatic heterocycles. The number of amides is 2. The molecule has 0 spiro atoms. The number of piperazine rings is 1. The van der Waals surface area contributed by atoms with Gasteiger partial charge in [0.15, 0.2) is 0 Å². The molecule has 2 aliphatic heterocycles. The van der Waals surface area contributed by atoms with Crippen molar-refractivity contribution in [1.29, 1.82) is 0 Å². The summed E-state index contributed by atoms with van der Waals surface area (Å²) in [4.78, 5) is 21.1. The van der Waals surface area contributed by atoms with Crippen LogP contribution in [0.25, 0.3) is 0 Å². The number of benzene rings is 1. The van der Waals surface area contributed by atoms with E-state index in [9.17, 15) is 4.79 Å². The van der Waals surface area contributed by atoms with Gasteiger partial charge in [-0.2, -0.15) is 0 Å². The average molecular weight is 424 g/mol. The Bertz CT molecular complexity index is 834. The maximum absolute atomic E-state index is 12.4. The molecule has 166 valence electrons. The number of likely N-dealkylation sites (tertiary alicyclic amines) is 1. The fourth-order valence-corrected chi connectivity index (χ4v) is 4.47. The number of rotatable bonds is 6. The number of piperidine rings is 1. The molecule has 0 radical (unpaired) electrons. The van der Waals surface area contributed by atoms with Crippen molar-refractivity contribution < 1.29 is 9.53 Å². The second kappa shape index (κ2) is 10.6. The van der Waals surface area contributed by atoms with Crippen molar-refractivity contribution in [3.05, 3.63) is 53.7 Å². The molecule has 0 saturated carbocycles. The van der Waals surface area contributed by atoms with Crippen LogP contribution in [-0.4, -0.2) is 67.2 Å². The number of nitrogens with one attached hydrogen (secondary N) is 2. The first-order valence-corrected chi connectivity index (χ1v) is 11.3. The Morgan fingerprint density at radius 2 is 1.90 bits per heavy atom. The predicted octanol–water partition coefficient (Wildman–Crippen LogP) is 2.98. The van der Waals surface area contributed by atoms with Crippen molar-refractivity contribution in [2.24, 2.45) is 5.92 Å². The zero-order chi connectivity index (χ0) is 21.5. The van der Waals surface area contributed by atoms with Gasteiger partial charge in [-0.15, -0.1) is 0 Å². The van der Waals surface area contributed by atoms with E-state index in [1.807, 2.05) is 29.3 Å². The standard InChI is InChI=1S/C24H33N5O2/c1-31-23-9-6-21(16-26-23)18-28-12-2-3-20(17-28)15-19-4-7-22(8-5-19)27-24(30)29-13-10-25-11-14-29/h4-9,16,20,25H,2-3,10-15,17-18H2,1H3,(H,27,30)/t20-/m1/s1. The second-order valence-electron chi connectivity index (χ2n) is 8.52. The lowest BCUT2D eigenvalue weighted by Crippen LogP contribution is -2.48. The first-order valence-electron chi connectivity index (χ1n) is 11.3. The van der Waals surface area contributed by atoms with Crippen molar-refractivity contribution in [2.45, 2.75) is 25.8 Å². The van der Waals surface area contributed by atoms with Crippen LogP contribution in [-0.2, 0) is 13.0 Å². The third kappa shape index (κ3) is 6.18. The number of hydrogen-bond donors (Lipinski definition) is 2. The van der Waals surface area contributed by atoms with Crippen LogP contribution in [0.4, 0.5) is 10.5 Å². The molecule has 2 aromatic rings. The zero-order valence-corrected chi connectivity index (χ0v) is 18.3. The molecular weight excluding hydrogens is 390 g/mol. The van der Waals surface area contributed by atoms with E-state index in [0.717, 1.165) is 57.9 Å². The first-order chi connectivity index (χ1) is 15.2. The van der Waals surface area contributed by atoms with Gasteiger partial charge in [-0.25, -0.2) is 9.78 Å². The van der Waals surface area contributed by atoms with Gasteiger partial charge in [-0.05, 0) is 55.0 Å². The maximum Gasteiger partial charge on any atom is 0.321 e. The quantitative estimate of drug-likeness (QED) is 0.748. The van der Waals surface area contributed by atoms with E-state index in [-0.39, 0.29) is 6.03 Å². The molecule has 1 atom stereocenters. The number of hydrogen-bond acceptors (Lipinski definition) is 5. The Morgan fingerprint density at radius 3 is 2.61 bits per heavy atom. The molecule has 3 heterocycles. The van der Waals surface area contributed by atoms with E-state index in [0.29, 0.717) is 11.8 Å². The summed E-state index contributed by atoms with van der Waals surface area (Å²) in [5, 5.41) is 6.29. The summed E-state index contributed by atoms with van der Waals surface area (Å²) in [5.41, 5.74) is 3.42. The Hall–Kier alpha value is -2.64. The molecule has 31 heavy (non-hydrogen) atoms. The van der Waals surface area contributed by atoms with Crippen molar-refractivity contribution >= 4 is 11.7 Å². The minimum atomic E-state index is -0.00908. The molecule has 7 heteroatoms. The lowest BCUT2D eigenvalue weighted by Gasteiger charge is -2.33. The molecular formula is C24H33N5O2. The fourth-order valence-electron chi connectivity index (χ4n) is 4.47. The topological polar surface area (TPSA) is 69.7 Å². The minimum absolute atomic E-state index is 0.00908. The molecule has 2 saturated heterocycles. The van der Waals surface area contributed by atoms with Gasteiger partial charge in [0, 0.05) is 57.2 Å². The molecule has 0 aliphatic carbocycles. The number of carbonyl (C=O) groups is 1. The molecule has 0 bridgehead atoms. The molecule has 7 nitrogen and oxygen atoms in total. The van der Waals surface area contributed by atoms with Crippen molar-refractivity contribution in [3.63, 3.8) is 0 Å². The summed E-state index contributed by atoms with van der Waals surface area (Å²) < 4.78 is 5.15. The molecule has 2 fully saturated rings. The second-order valence-corrected chi connectivity index (χ2v) is 8.52. The normalized spacial score (nSPS) is 19.8. The van der Waals surface area contributed by atoms with Gasteiger partial charge in [-0.1, -0.05) is 18.2 Å². The SMILES string of the molecule is COc1ccc(CN2CCC[C@H](Cc3ccc(NC(=O)N4CCNCC4)cc3)C2)cn1. The van der Waals surface area contributed by atoms with Crippen LogP contribution >= 0.6 is 0 Å². The fraction of sp³-hybridized carbons (Fsp3) is 0.500. The number of pyridine rings is 1. The molecule has 2 amide bonds. The number of nitrogens with zero attached hydrogens (tertiary/aromatic N) is 3. The molecule has 0 unspecified atom stereocenters. The van der Waals surface area contributed by atoms with Crippen LogP contribution in [0.5, 0.6) is 5.88 Å². The van der Waals surface area contributed by atoms with E-state index < -0.39 is 0 Å². The number of carbonyl (C=O) groups excluding carboxylic acids is 1. The van der Waals surface area contributed by atoms with Gasteiger partial charge < -0.3 is 20.3 Å². The maximum atomic E-state index is 12.4. The van der Waals surface area contributed by atoms with E-state index in [4.69, 9.17) is 4.74 Å². The van der Waals surface area contributed by atoms with Crippen molar-refractivity contribution in [1.82, 2.24) is 20.1 Å². The van der Waals surface area contributed by atoms with Gasteiger partial charge in [0.05, 0.1) is 7.11 Å². The molecule has 4 rings (SSSR count). The van der Waals surface area contributed by atoms with Crippen LogP contribution in [0.1, 0.15) is 24.0 Å². The number of anilines is 1. The van der Waals surface area contributed by atoms with Crippen LogP contribution < -0.4 is 15.4 Å². The summed E-state index contributed by atoms with van der Waals surface area (Å²) in [5.74, 6) is 1.31. The van der Waals surface area contributed by atoms with E-state index in [2.05, 4.69) is 38.7 Å². The highest BCUT2D eigenvalue weighted by Crippen LogP contribution is 2.23. The highest BCUT2D eigenvalue weighted by molar-refractivity contribution is 5.89. The summed E-state index contributed by atoms with van der Waals surface area (Å²) in [7, 11) is 1.64. The van der Waals surface area contributed by atoms with Gasteiger partial charge in [0.25, 0.3) is 0 Å². The van der Waals surface area contributed by atoms with Gasteiger partial charge in [0.1, 0.15) is 0 Å². The Kier molecular flexibility index (Phi) is 7.38. The van der Waals surface area contributed by atoms with Crippen LogP contribution in [0.15, 0.2) is 42.6 Å². The molecule has 2 N–H and O–H groups in total. The van der Waals surface area contributed by atoms with Crippen molar-refractivity contribution in [2.75, 3.05) is 51.7 Å². The largest absolute Gasteiger partial charge is 0.481 e.